The number of nitrogen functional groups attached to an aromatic ring is 1. The lowest BCUT2D eigenvalue weighted by Gasteiger charge is -2.09. The Hall–Kier alpha value is -2.54. The molecule has 0 aliphatic heterocycles. The van der Waals surface area contributed by atoms with E-state index in [-0.39, 0.29) is 11.7 Å². The number of nitrogens with two attached hydrogens (primary N) is 1. The molecule has 0 unspecified atom stereocenters. The number of anilines is 3. The van der Waals surface area contributed by atoms with Crippen molar-refractivity contribution in [1.29, 1.82) is 0 Å². The summed E-state index contributed by atoms with van der Waals surface area (Å²) in [5.74, 6) is 0.254. The van der Waals surface area contributed by atoms with Crippen LogP contribution in [0, 0.1) is 0 Å². The standard InChI is InChI=1S/C14H15ClN4O3/c15-14-17-8-11(16)13(19-14)18-9-3-5-10(6-4-9)22-7-1-2-12(20)21/h3-6,8H,1-2,7,16H2,(H,20,21)(H,17,18,19). The number of carboxylic acid groups (broad SMARTS) is 1. The van der Waals surface area contributed by atoms with Crippen molar-refractivity contribution >= 4 is 34.8 Å². The molecule has 8 heteroatoms. The van der Waals surface area contributed by atoms with Crippen molar-refractivity contribution < 1.29 is 14.6 Å². The summed E-state index contributed by atoms with van der Waals surface area (Å²) in [7, 11) is 0. The minimum atomic E-state index is -0.829. The van der Waals surface area contributed by atoms with Crippen molar-refractivity contribution in [3.05, 3.63) is 35.7 Å². The molecule has 0 fully saturated rings. The van der Waals surface area contributed by atoms with E-state index in [0.717, 1.165) is 5.69 Å². The number of carboxylic acids is 1. The summed E-state index contributed by atoms with van der Waals surface area (Å²) in [5.41, 5.74) is 6.90. The maximum atomic E-state index is 10.4. The number of benzene rings is 1. The molecule has 1 aromatic carbocycles. The molecular weight excluding hydrogens is 308 g/mol. The van der Waals surface area contributed by atoms with Gasteiger partial charge in [-0.15, -0.1) is 0 Å². The molecule has 0 saturated carbocycles. The Balaban J connectivity index is 1.91. The van der Waals surface area contributed by atoms with Gasteiger partial charge in [0.15, 0.2) is 5.82 Å². The molecule has 1 heterocycles. The molecule has 1 aromatic heterocycles. The van der Waals surface area contributed by atoms with E-state index in [1.54, 1.807) is 24.3 Å². The molecule has 0 bridgehead atoms. The van der Waals surface area contributed by atoms with E-state index >= 15 is 0 Å². The molecule has 116 valence electrons. The Morgan fingerprint density at radius 2 is 2.09 bits per heavy atom. The van der Waals surface area contributed by atoms with Crippen LogP contribution in [0.4, 0.5) is 17.2 Å². The van der Waals surface area contributed by atoms with Gasteiger partial charge in [-0.2, -0.15) is 4.98 Å². The van der Waals surface area contributed by atoms with Gasteiger partial charge in [0.25, 0.3) is 0 Å². The average molecular weight is 323 g/mol. The third kappa shape index (κ3) is 4.78. The third-order valence-electron chi connectivity index (χ3n) is 2.71. The summed E-state index contributed by atoms with van der Waals surface area (Å²) >= 11 is 5.72. The van der Waals surface area contributed by atoms with Crippen LogP contribution in [0.15, 0.2) is 30.5 Å². The maximum Gasteiger partial charge on any atom is 0.303 e. The highest BCUT2D eigenvalue weighted by atomic mass is 35.5. The van der Waals surface area contributed by atoms with Crippen LogP contribution in [-0.2, 0) is 4.79 Å². The van der Waals surface area contributed by atoms with Gasteiger partial charge >= 0.3 is 5.97 Å². The fourth-order valence-electron chi connectivity index (χ4n) is 1.65. The molecule has 22 heavy (non-hydrogen) atoms. The smallest absolute Gasteiger partial charge is 0.303 e. The molecule has 0 radical (unpaired) electrons. The lowest BCUT2D eigenvalue weighted by atomic mass is 10.3. The van der Waals surface area contributed by atoms with Crippen molar-refractivity contribution in [3.63, 3.8) is 0 Å². The fourth-order valence-corrected chi connectivity index (χ4v) is 1.79. The van der Waals surface area contributed by atoms with Gasteiger partial charge in [0, 0.05) is 12.1 Å². The first-order valence-electron chi connectivity index (χ1n) is 6.54. The maximum absolute atomic E-state index is 10.4. The van der Waals surface area contributed by atoms with E-state index in [9.17, 15) is 4.79 Å². The zero-order chi connectivity index (χ0) is 15.9. The van der Waals surface area contributed by atoms with E-state index in [1.165, 1.54) is 6.20 Å². The number of aromatic nitrogens is 2. The predicted octanol–water partition coefficient (Wildman–Crippen LogP) is 2.70. The molecular formula is C14H15ClN4O3. The highest BCUT2D eigenvalue weighted by Gasteiger charge is 2.04. The normalized spacial score (nSPS) is 10.2. The highest BCUT2D eigenvalue weighted by molar-refractivity contribution is 6.28. The molecule has 0 amide bonds. The molecule has 2 rings (SSSR count). The van der Waals surface area contributed by atoms with E-state index in [1.807, 2.05) is 0 Å². The van der Waals surface area contributed by atoms with Crippen molar-refractivity contribution in [2.24, 2.45) is 0 Å². The first-order chi connectivity index (χ1) is 10.5. The highest BCUT2D eigenvalue weighted by Crippen LogP contribution is 2.23. The Morgan fingerprint density at radius 3 is 2.77 bits per heavy atom. The van der Waals surface area contributed by atoms with Gasteiger partial charge in [-0.05, 0) is 42.3 Å². The van der Waals surface area contributed by atoms with Gasteiger partial charge in [-0.3, -0.25) is 4.79 Å². The summed E-state index contributed by atoms with van der Waals surface area (Å²) in [6.07, 6.45) is 1.98. The van der Waals surface area contributed by atoms with Crippen molar-refractivity contribution in [1.82, 2.24) is 9.97 Å². The van der Waals surface area contributed by atoms with Crippen LogP contribution >= 0.6 is 11.6 Å². The number of ether oxygens (including phenoxy) is 1. The Kier molecular flexibility index (Phi) is 5.37. The van der Waals surface area contributed by atoms with Gasteiger partial charge in [-0.25, -0.2) is 4.98 Å². The number of halogens is 1. The first kappa shape index (κ1) is 15.8. The lowest BCUT2D eigenvalue weighted by molar-refractivity contribution is -0.137. The second-order valence-electron chi connectivity index (χ2n) is 4.44. The van der Waals surface area contributed by atoms with Crippen LogP contribution in [0.1, 0.15) is 12.8 Å². The second-order valence-corrected chi connectivity index (χ2v) is 4.78. The zero-order valence-electron chi connectivity index (χ0n) is 11.6. The van der Waals surface area contributed by atoms with Gasteiger partial charge in [0.2, 0.25) is 5.28 Å². The van der Waals surface area contributed by atoms with Crippen molar-refractivity contribution in [3.8, 4) is 5.75 Å². The van der Waals surface area contributed by atoms with Crippen LogP contribution in [0.3, 0.4) is 0 Å². The minimum absolute atomic E-state index is 0.0907. The van der Waals surface area contributed by atoms with Crippen LogP contribution < -0.4 is 15.8 Å². The quantitative estimate of drug-likeness (QED) is 0.531. The second kappa shape index (κ2) is 7.46. The number of carbonyl (C=O) groups is 1. The Labute approximate surface area is 132 Å². The Bertz CT molecular complexity index is 649. The molecule has 0 saturated heterocycles. The van der Waals surface area contributed by atoms with Crippen LogP contribution in [0.2, 0.25) is 5.28 Å². The molecule has 2 aromatic rings. The number of nitrogens with one attached hydrogen (secondary N) is 1. The van der Waals surface area contributed by atoms with Gasteiger partial charge in [0.05, 0.1) is 18.5 Å². The molecule has 7 nitrogen and oxygen atoms in total. The first-order valence-corrected chi connectivity index (χ1v) is 6.92. The monoisotopic (exact) mass is 322 g/mol. The van der Waals surface area contributed by atoms with E-state index in [4.69, 9.17) is 27.2 Å². The van der Waals surface area contributed by atoms with Gasteiger partial charge in [-0.1, -0.05) is 0 Å². The summed E-state index contributed by atoms with van der Waals surface area (Å²) in [6, 6.07) is 7.12. The zero-order valence-corrected chi connectivity index (χ0v) is 12.4. The van der Waals surface area contributed by atoms with Crippen molar-refractivity contribution in [2.75, 3.05) is 17.7 Å². The van der Waals surface area contributed by atoms with Crippen molar-refractivity contribution in [2.45, 2.75) is 12.8 Å². The number of hydrogen-bond donors (Lipinski definition) is 3. The molecule has 0 spiro atoms. The lowest BCUT2D eigenvalue weighted by Crippen LogP contribution is -2.02. The predicted molar refractivity (Wildman–Crippen MR) is 83.5 cm³/mol. The summed E-state index contributed by atoms with van der Waals surface area (Å²) in [4.78, 5) is 18.2. The van der Waals surface area contributed by atoms with Crippen LogP contribution in [0.5, 0.6) is 5.75 Å². The average Bonchev–Trinajstić information content (AvgIpc) is 2.49. The summed E-state index contributed by atoms with van der Waals surface area (Å²) in [6.45, 7) is 0.355. The van der Waals surface area contributed by atoms with E-state index in [0.29, 0.717) is 30.3 Å². The van der Waals surface area contributed by atoms with E-state index in [2.05, 4.69) is 15.3 Å². The van der Waals surface area contributed by atoms with Crippen LogP contribution in [-0.4, -0.2) is 27.7 Å². The van der Waals surface area contributed by atoms with E-state index < -0.39 is 5.97 Å². The summed E-state index contributed by atoms with van der Waals surface area (Å²) in [5, 5.41) is 11.7. The Morgan fingerprint density at radius 1 is 1.36 bits per heavy atom. The molecule has 0 aliphatic rings. The number of nitrogens with zero attached hydrogens (tertiary/aromatic N) is 2. The number of aliphatic carboxylic acids is 1. The number of hydrogen-bond acceptors (Lipinski definition) is 6. The molecule has 0 aliphatic carbocycles. The largest absolute Gasteiger partial charge is 0.494 e. The molecule has 0 atom stereocenters. The fraction of sp³-hybridized carbons (Fsp3) is 0.214. The topological polar surface area (TPSA) is 110 Å². The summed E-state index contributed by atoms with van der Waals surface area (Å²) < 4.78 is 5.44. The van der Waals surface area contributed by atoms with Gasteiger partial charge in [0.1, 0.15) is 5.75 Å². The number of rotatable bonds is 7. The van der Waals surface area contributed by atoms with Gasteiger partial charge < -0.3 is 20.9 Å². The minimum Gasteiger partial charge on any atom is -0.494 e. The SMILES string of the molecule is Nc1cnc(Cl)nc1Nc1ccc(OCCCC(=O)O)cc1. The third-order valence-corrected chi connectivity index (χ3v) is 2.89. The van der Waals surface area contributed by atoms with Crippen LogP contribution in [0.25, 0.3) is 0 Å². The molecule has 4 N–H and O–H groups in total.